The zero-order chi connectivity index (χ0) is 18.8. The van der Waals surface area contributed by atoms with Gasteiger partial charge in [-0.2, -0.15) is 5.10 Å². The van der Waals surface area contributed by atoms with E-state index in [1.165, 1.54) is 0 Å². The summed E-state index contributed by atoms with van der Waals surface area (Å²) in [5.74, 6) is 0.677. The van der Waals surface area contributed by atoms with Crippen molar-refractivity contribution in [1.82, 2.24) is 0 Å². The van der Waals surface area contributed by atoms with Crippen LogP contribution in [0.25, 0.3) is 0 Å². The molecule has 0 bridgehead atoms. The lowest BCUT2D eigenvalue weighted by Gasteiger charge is -2.37. The minimum Gasteiger partial charge on any atom is -0.492 e. The topological polar surface area (TPSA) is 41.9 Å². The van der Waals surface area contributed by atoms with E-state index in [0.717, 1.165) is 29.8 Å². The Bertz CT molecular complexity index is 908. The number of amides is 1. The molecule has 0 spiro atoms. The van der Waals surface area contributed by atoms with Crippen molar-refractivity contribution in [2.45, 2.75) is 19.8 Å². The van der Waals surface area contributed by atoms with Crippen LogP contribution < -0.4 is 9.75 Å². The zero-order valence-corrected chi connectivity index (χ0v) is 15.9. The van der Waals surface area contributed by atoms with Crippen molar-refractivity contribution in [1.29, 1.82) is 0 Å². The molecule has 4 rings (SSSR count). The lowest BCUT2D eigenvalue weighted by molar-refractivity contribution is -0.123. The molecule has 0 saturated heterocycles. The molecular weight excluding hydrogens is 360 g/mol. The fraction of sp³-hybridized carbons (Fsp3) is 0.273. The maximum absolute atomic E-state index is 13.1. The van der Waals surface area contributed by atoms with E-state index >= 15 is 0 Å². The number of allylic oxidation sites excluding steroid dienone is 2. The molecule has 4 nitrogen and oxygen atoms in total. The number of anilines is 1. The number of ether oxygens (including phenoxy) is 1. The number of benzene rings is 2. The molecule has 0 fully saturated rings. The molecule has 2 aliphatic rings. The van der Waals surface area contributed by atoms with Crippen LogP contribution in [0.2, 0.25) is 5.02 Å². The Balaban J connectivity index is 1.79. The molecule has 2 atom stereocenters. The number of hydrogen-bond donors (Lipinski definition) is 0. The molecular formula is C22H21ClN2O2. The average molecular weight is 381 g/mol. The Morgan fingerprint density at radius 3 is 2.56 bits per heavy atom. The van der Waals surface area contributed by atoms with Crippen molar-refractivity contribution in [3.63, 3.8) is 0 Å². The molecule has 2 unspecified atom stereocenters. The summed E-state index contributed by atoms with van der Waals surface area (Å²) in [5, 5.41) is 6.87. The average Bonchev–Trinajstić information content (AvgIpc) is 2.71. The smallest absolute Gasteiger partial charge is 0.251 e. The van der Waals surface area contributed by atoms with Crippen LogP contribution >= 0.6 is 11.6 Å². The first-order chi connectivity index (χ1) is 13.2. The number of rotatable bonds is 4. The molecule has 1 aliphatic heterocycles. The van der Waals surface area contributed by atoms with E-state index in [9.17, 15) is 4.79 Å². The zero-order valence-electron chi connectivity index (χ0n) is 15.1. The summed E-state index contributed by atoms with van der Waals surface area (Å²) in [6.07, 6.45) is 5.77. The minimum absolute atomic E-state index is 0.0522. The first-order valence-corrected chi connectivity index (χ1v) is 9.62. The van der Waals surface area contributed by atoms with Gasteiger partial charge in [-0.1, -0.05) is 42.0 Å². The van der Waals surface area contributed by atoms with E-state index in [-0.39, 0.29) is 17.7 Å². The maximum Gasteiger partial charge on any atom is 0.251 e. The van der Waals surface area contributed by atoms with Gasteiger partial charge in [-0.15, -0.1) is 0 Å². The number of halogens is 1. The van der Waals surface area contributed by atoms with Crippen LogP contribution in [0, 0.1) is 11.8 Å². The van der Waals surface area contributed by atoms with E-state index in [2.05, 4.69) is 12.2 Å². The van der Waals surface area contributed by atoms with Gasteiger partial charge in [0, 0.05) is 5.92 Å². The number of carbonyl (C=O) groups is 1. The van der Waals surface area contributed by atoms with Gasteiger partial charge in [-0.3, -0.25) is 4.79 Å². The van der Waals surface area contributed by atoms with Crippen molar-refractivity contribution >= 4 is 28.9 Å². The Morgan fingerprint density at radius 1 is 1.11 bits per heavy atom. The van der Waals surface area contributed by atoms with Crippen LogP contribution in [0.3, 0.4) is 0 Å². The summed E-state index contributed by atoms with van der Waals surface area (Å²) in [5.41, 5.74) is 2.62. The number of hydrogen-bond acceptors (Lipinski definition) is 3. The van der Waals surface area contributed by atoms with E-state index in [4.69, 9.17) is 21.4 Å². The molecule has 0 radical (unpaired) electrons. The van der Waals surface area contributed by atoms with Crippen LogP contribution in [-0.2, 0) is 4.79 Å². The van der Waals surface area contributed by atoms with Crippen molar-refractivity contribution in [2.75, 3.05) is 11.6 Å². The molecule has 1 amide bonds. The standard InChI is InChI=1S/C22H21ClN2O2/c1-2-27-20-13-12-15(14-19(20)23)21-17-10-6-7-11-18(17)22(26)25(24-21)16-8-4-3-5-9-16/h3-9,12-14,17-18H,2,10-11H2,1H3. The van der Waals surface area contributed by atoms with Crippen LogP contribution in [0.4, 0.5) is 5.69 Å². The SMILES string of the molecule is CCOc1ccc(C2=NN(c3ccccc3)C(=O)C3CC=CCC23)cc1Cl. The van der Waals surface area contributed by atoms with Gasteiger partial charge in [0.1, 0.15) is 5.75 Å². The number of carbonyl (C=O) groups excluding carboxylic acids is 1. The third-order valence-electron chi connectivity index (χ3n) is 5.05. The van der Waals surface area contributed by atoms with Gasteiger partial charge in [-0.05, 0) is 55.7 Å². The molecule has 0 N–H and O–H groups in total. The van der Waals surface area contributed by atoms with E-state index in [0.29, 0.717) is 17.4 Å². The number of fused-ring (bicyclic) bond motifs is 1. The molecule has 1 heterocycles. The first kappa shape index (κ1) is 17.8. The summed E-state index contributed by atoms with van der Waals surface area (Å²) in [6, 6.07) is 15.3. The Kier molecular flexibility index (Phi) is 4.99. The second-order valence-electron chi connectivity index (χ2n) is 6.70. The Hall–Kier alpha value is -2.59. The maximum atomic E-state index is 13.1. The fourth-order valence-electron chi connectivity index (χ4n) is 3.74. The quantitative estimate of drug-likeness (QED) is 0.695. The van der Waals surface area contributed by atoms with Gasteiger partial charge in [0.2, 0.25) is 0 Å². The number of para-hydroxylation sites is 1. The van der Waals surface area contributed by atoms with Gasteiger partial charge in [0.15, 0.2) is 0 Å². The summed E-state index contributed by atoms with van der Waals surface area (Å²) < 4.78 is 5.55. The molecule has 2 aromatic rings. The molecule has 138 valence electrons. The van der Waals surface area contributed by atoms with Crippen molar-refractivity contribution in [3.05, 3.63) is 71.3 Å². The highest BCUT2D eigenvalue weighted by molar-refractivity contribution is 6.32. The van der Waals surface area contributed by atoms with Gasteiger partial charge in [-0.25, -0.2) is 5.01 Å². The fourth-order valence-corrected chi connectivity index (χ4v) is 3.97. The summed E-state index contributed by atoms with van der Waals surface area (Å²) >= 11 is 6.41. The molecule has 27 heavy (non-hydrogen) atoms. The lowest BCUT2D eigenvalue weighted by Crippen LogP contribution is -2.45. The van der Waals surface area contributed by atoms with Crippen molar-refractivity contribution in [2.24, 2.45) is 16.9 Å². The summed E-state index contributed by atoms with van der Waals surface area (Å²) in [6.45, 7) is 2.49. The largest absolute Gasteiger partial charge is 0.492 e. The van der Waals surface area contributed by atoms with Crippen molar-refractivity contribution in [3.8, 4) is 5.75 Å². The van der Waals surface area contributed by atoms with E-state index < -0.39 is 0 Å². The van der Waals surface area contributed by atoms with E-state index in [1.807, 2.05) is 55.5 Å². The normalized spacial score (nSPS) is 21.6. The van der Waals surface area contributed by atoms with Gasteiger partial charge in [0.25, 0.3) is 5.91 Å². The summed E-state index contributed by atoms with van der Waals surface area (Å²) in [7, 11) is 0. The third kappa shape index (κ3) is 3.37. The van der Waals surface area contributed by atoms with Crippen LogP contribution in [0.5, 0.6) is 5.75 Å². The summed E-state index contributed by atoms with van der Waals surface area (Å²) in [4.78, 5) is 13.1. The lowest BCUT2D eigenvalue weighted by atomic mass is 9.76. The predicted octanol–water partition coefficient (Wildman–Crippen LogP) is 5.07. The van der Waals surface area contributed by atoms with Crippen LogP contribution in [0.1, 0.15) is 25.3 Å². The molecule has 5 heteroatoms. The monoisotopic (exact) mass is 380 g/mol. The number of hydrazone groups is 1. The van der Waals surface area contributed by atoms with Crippen LogP contribution in [-0.4, -0.2) is 18.2 Å². The third-order valence-corrected chi connectivity index (χ3v) is 5.34. The predicted molar refractivity (Wildman–Crippen MR) is 108 cm³/mol. The van der Waals surface area contributed by atoms with E-state index in [1.54, 1.807) is 5.01 Å². The number of nitrogens with zero attached hydrogens (tertiary/aromatic N) is 2. The van der Waals surface area contributed by atoms with Crippen LogP contribution in [0.15, 0.2) is 65.8 Å². The van der Waals surface area contributed by atoms with Gasteiger partial charge in [0.05, 0.1) is 28.9 Å². The molecule has 0 saturated carbocycles. The molecule has 1 aliphatic carbocycles. The second kappa shape index (κ2) is 7.57. The highest BCUT2D eigenvalue weighted by Crippen LogP contribution is 2.37. The molecule has 2 aromatic carbocycles. The highest BCUT2D eigenvalue weighted by atomic mass is 35.5. The van der Waals surface area contributed by atoms with Crippen molar-refractivity contribution < 1.29 is 9.53 Å². The first-order valence-electron chi connectivity index (χ1n) is 9.24. The Morgan fingerprint density at radius 2 is 1.85 bits per heavy atom. The van der Waals surface area contributed by atoms with Gasteiger partial charge >= 0.3 is 0 Å². The second-order valence-corrected chi connectivity index (χ2v) is 7.11. The molecule has 0 aromatic heterocycles. The van der Waals surface area contributed by atoms with Gasteiger partial charge < -0.3 is 4.74 Å². The minimum atomic E-state index is -0.104. The Labute approximate surface area is 164 Å². The highest BCUT2D eigenvalue weighted by Gasteiger charge is 2.40.